The van der Waals surface area contributed by atoms with Crippen LogP contribution in [0.5, 0.6) is 0 Å². The highest BCUT2D eigenvalue weighted by Gasteiger charge is 2.14. The highest BCUT2D eigenvalue weighted by atomic mass is 16.1. The van der Waals surface area contributed by atoms with Gasteiger partial charge in [-0.1, -0.05) is 18.6 Å². The second kappa shape index (κ2) is 6.23. The molecule has 0 saturated heterocycles. The summed E-state index contributed by atoms with van der Waals surface area (Å²) in [5.41, 5.74) is 1.44. The largest absolute Gasteiger partial charge is 0.355 e. The summed E-state index contributed by atoms with van der Waals surface area (Å²) in [7, 11) is 0. The van der Waals surface area contributed by atoms with Crippen LogP contribution in [0.1, 0.15) is 39.0 Å². The van der Waals surface area contributed by atoms with E-state index in [0.717, 1.165) is 6.42 Å². The van der Waals surface area contributed by atoms with Gasteiger partial charge in [0.05, 0.1) is 6.07 Å². The SMILES string of the molecule is CCC(C#N)C(=O)NCCC1=CCCC1. The Morgan fingerprint density at radius 2 is 2.53 bits per heavy atom. The zero-order chi connectivity index (χ0) is 11.1. The molecule has 0 fully saturated rings. The lowest BCUT2D eigenvalue weighted by atomic mass is 10.1. The molecule has 1 unspecified atom stereocenters. The molecule has 0 saturated carbocycles. The van der Waals surface area contributed by atoms with E-state index in [0.29, 0.717) is 13.0 Å². The summed E-state index contributed by atoms with van der Waals surface area (Å²) in [6, 6.07) is 2.00. The van der Waals surface area contributed by atoms with Crippen LogP contribution in [0.15, 0.2) is 11.6 Å². The fraction of sp³-hybridized carbons (Fsp3) is 0.667. The fourth-order valence-electron chi connectivity index (χ4n) is 1.77. The lowest BCUT2D eigenvalue weighted by molar-refractivity contribution is -0.123. The van der Waals surface area contributed by atoms with Crippen LogP contribution < -0.4 is 5.32 Å². The highest BCUT2D eigenvalue weighted by Crippen LogP contribution is 2.19. The van der Waals surface area contributed by atoms with E-state index in [1.807, 2.05) is 13.0 Å². The molecular weight excluding hydrogens is 188 g/mol. The van der Waals surface area contributed by atoms with E-state index >= 15 is 0 Å². The van der Waals surface area contributed by atoms with Gasteiger partial charge in [0, 0.05) is 6.54 Å². The standard InChI is InChI=1S/C12H18N2O/c1-2-11(9-13)12(15)14-8-7-10-5-3-4-6-10/h5,11H,2-4,6-8H2,1H3,(H,14,15). The summed E-state index contributed by atoms with van der Waals surface area (Å²) >= 11 is 0. The summed E-state index contributed by atoms with van der Waals surface area (Å²) in [5.74, 6) is -0.610. The van der Waals surface area contributed by atoms with Gasteiger partial charge in [-0.3, -0.25) is 4.79 Å². The van der Waals surface area contributed by atoms with Gasteiger partial charge in [0.15, 0.2) is 0 Å². The molecular formula is C12H18N2O. The van der Waals surface area contributed by atoms with Crippen LogP contribution in [0.2, 0.25) is 0 Å². The van der Waals surface area contributed by atoms with Gasteiger partial charge in [0.2, 0.25) is 5.91 Å². The Kier molecular flexibility index (Phi) is 4.89. The molecule has 82 valence electrons. The number of nitriles is 1. The second-order valence-electron chi connectivity index (χ2n) is 3.89. The predicted octanol–water partition coefficient (Wildman–Crippen LogP) is 2.15. The Hall–Kier alpha value is -1.30. The van der Waals surface area contributed by atoms with E-state index in [4.69, 9.17) is 5.26 Å². The molecule has 1 rings (SSSR count). The first-order chi connectivity index (χ1) is 7.27. The van der Waals surface area contributed by atoms with Crippen LogP contribution in [0.4, 0.5) is 0 Å². The molecule has 0 aliphatic heterocycles. The fourth-order valence-corrected chi connectivity index (χ4v) is 1.77. The molecule has 0 heterocycles. The topological polar surface area (TPSA) is 52.9 Å². The maximum atomic E-state index is 11.4. The molecule has 0 aromatic heterocycles. The van der Waals surface area contributed by atoms with E-state index in [1.54, 1.807) is 0 Å². The molecule has 0 aromatic carbocycles. The Labute approximate surface area is 91.2 Å². The first-order valence-corrected chi connectivity index (χ1v) is 5.63. The number of allylic oxidation sites excluding steroid dienone is 1. The van der Waals surface area contributed by atoms with Crippen molar-refractivity contribution in [3.05, 3.63) is 11.6 Å². The molecule has 0 spiro atoms. The van der Waals surface area contributed by atoms with Crippen molar-refractivity contribution in [2.75, 3.05) is 6.54 Å². The van der Waals surface area contributed by atoms with Crippen molar-refractivity contribution in [3.63, 3.8) is 0 Å². The van der Waals surface area contributed by atoms with Crippen LogP contribution >= 0.6 is 0 Å². The average Bonchev–Trinajstić information content (AvgIpc) is 2.72. The third kappa shape index (κ3) is 3.75. The third-order valence-corrected chi connectivity index (χ3v) is 2.76. The maximum Gasteiger partial charge on any atom is 0.237 e. The zero-order valence-electron chi connectivity index (χ0n) is 9.25. The number of amides is 1. The second-order valence-corrected chi connectivity index (χ2v) is 3.89. The third-order valence-electron chi connectivity index (χ3n) is 2.76. The van der Waals surface area contributed by atoms with Gasteiger partial charge in [-0.2, -0.15) is 5.26 Å². The van der Waals surface area contributed by atoms with Crippen LogP contribution in [-0.4, -0.2) is 12.5 Å². The number of nitrogens with zero attached hydrogens (tertiary/aromatic N) is 1. The molecule has 1 aliphatic carbocycles. The smallest absolute Gasteiger partial charge is 0.237 e. The summed E-state index contributed by atoms with van der Waals surface area (Å²) in [5, 5.41) is 11.5. The van der Waals surface area contributed by atoms with Gasteiger partial charge in [-0.05, 0) is 32.1 Å². The Morgan fingerprint density at radius 3 is 3.07 bits per heavy atom. The Bertz CT molecular complexity index is 288. The molecule has 15 heavy (non-hydrogen) atoms. The molecule has 3 heteroatoms. The van der Waals surface area contributed by atoms with Crippen molar-refractivity contribution in [1.29, 1.82) is 5.26 Å². The number of hydrogen-bond acceptors (Lipinski definition) is 2. The Balaban J connectivity index is 2.19. The van der Waals surface area contributed by atoms with E-state index in [9.17, 15) is 4.79 Å². The lowest BCUT2D eigenvalue weighted by Crippen LogP contribution is -2.30. The molecule has 0 bridgehead atoms. The van der Waals surface area contributed by atoms with Gasteiger partial charge >= 0.3 is 0 Å². The van der Waals surface area contributed by atoms with Crippen LogP contribution in [0.25, 0.3) is 0 Å². The van der Waals surface area contributed by atoms with Crippen molar-refractivity contribution < 1.29 is 4.79 Å². The first kappa shape index (κ1) is 11.8. The average molecular weight is 206 g/mol. The summed E-state index contributed by atoms with van der Waals surface area (Å²) in [6.07, 6.45) is 7.38. The maximum absolute atomic E-state index is 11.4. The Morgan fingerprint density at radius 1 is 1.73 bits per heavy atom. The minimum Gasteiger partial charge on any atom is -0.355 e. The lowest BCUT2D eigenvalue weighted by Gasteiger charge is -2.08. The number of rotatable bonds is 5. The number of nitrogens with one attached hydrogen (secondary N) is 1. The van der Waals surface area contributed by atoms with Gasteiger partial charge in [-0.15, -0.1) is 0 Å². The monoisotopic (exact) mass is 206 g/mol. The molecule has 0 aromatic rings. The normalized spacial score (nSPS) is 16.7. The van der Waals surface area contributed by atoms with Crippen molar-refractivity contribution in [3.8, 4) is 6.07 Å². The zero-order valence-corrected chi connectivity index (χ0v) is 9.25. The minimum atomic E-state index is -0.484. The molecule has 0 radical (unpaired) electrons. The van der Waals surface area contributed by atoms with Crippen molar-refractivity contribution in [2.24, 2.45) is 5.92 Å². The van der Waals surface area contributed by atoms with Gasteiger partial charge < -0.3 is 5.32 Å². The minimum absolute atomic E-state index is 0.126. The molecule has 1 aliphatic rings. The summed E-state index contributed by atoms with van der Waals surface area (Å²) in [4.78, 5) is 11.4. The van der Waals surface area contributed by atoms with Crippen molar-refractivity contribution in [1.82, 2.24) is 5.32 Å². The molecule has 1 atom stereocenters. The quantitative estimate of drug-likeness (QED) is 0.701. The first-order valence-electron chi connectivity index (χ1n) is 5.63. The number of carbonyl (C=O) groups is 1. The van der Waals surface area contributed by atoms with Gasteiger partial charge in [-0.25, -0.2) is 0 Å². The predicted molar refractivity (Wildman–Crippen MR) is 59.0 cm³/mol. The number of hydrogen-bond donors (Lipinski definition) is 1. The van der Waals surface area contributed by atoms with Crippen LogP contribution in [-0.2, 0) is 4.79 Å². The van der Waals surface area contributed by atoms with E-state index in [-0.39, 0.29) is 5.91 Å². The number of carbonyl (C=O) groups excluding carboxylic acids is 1. The molecule has 1 amide bonds. The molecule has 3 nitrogen and oxygen atoms in total. The summed E-state index contributed by atoms with van der Waals surface area (Å²) < 4.78 is 0. The summed E-state index contributed by atoms with van der Waals surface area (Å²) in [6.45, 7) is 2.52. The molecule has 1 N–H and O–H groups in total. The van der Waals surface area contributed by atoms with Crippen molar-refractivity contribution >= 4 is 5.91 Å². The van der Waals surface area contributed by atoms with E-state index in [2.05, 4.69) is 11.4 Å². The van der Waals surface area contributed by atoms with E-state index < -0.39 is 5.92 Å². The van der Waals surface area contributed by atoms with Crippen LogP contribution in [0, 0.1) is 17.2 Å². The van der Waals surface area contributed by atoms with Gasteiger partial charge in [0.25, 0.3) is 0 Å². The highest BCUT2D eigenvalue weighted by molar-refractivity contribution is 5.80. The van der Waals surface area contributed by atoms with Crippen molar-refractivity contribution in [2.45, 2.75) is 39.0 Å². The van der Waals surface area contributed by atoms with Crippen LogP contribution in [0.3, 0.4) is 0 Å². The van der Waals surface area contributed by atoms with E-state index in [1.165, 1.54) is 24.8 Å². The van der Waals surface area contributed by atoms with Gasteiger partial charge in [0.1, 0.15) is 5.92 Å².